The summed E-state index contributed by atoms with van der Waals surface area (Å²) in [5.41, 5.74) is 0.797. The van der Waals surface area contributed by atoms with Crippen LogP contribution in [0.15, 0.2) is 24.3 Å². The van der Waals surface area contributed by atoms with E-state index in [1.54, 1.807) is 12.1 Å². The highest BCUT2D eigenvalue weighted by Crippen LogP contribution is 2.05. The molecule has 1 heterocycles. The van der Waals surface area contributed by atoms with Crippen LogP contribution in [0.2, 0.25) is 0 Å². The van der Waals surface area contributed by atoms with Gasteiger partial charge in [-0.25, -0.2) is 9.07 Å². The number of carboxylic acids is 1. The fourth-order valence-electron chi connectivity index (χ4n) is 1.37. The average molecular weight is 236 g/mol. The Morgan fingerprint density at radius 1 is 1.35 bits per heavy atom. The van der Waals surface area contributed by atoms with Crippen molar-refractivity contribution in [2.24, 2.45) is 0 Å². The summed E-state index contributed by atoms with van der Waals surface area (Å²) in [5, 5.41) is 19.4. The summed E-state index contributed by atoms with van der Waals surface area (Å²) in [5.74, 6) is -1.06. The first-order valence-corrected chi connectivity index (χ1v) is 4.86. The topological polar surface area (TPSA) is 80.9 Å². The molecular formula is C10H9FN4O2. The lowest BCUT2D eigenvalue weighted by Gasteiger charge is -2.03. The SMILES string of the molecule is O=C(O)Cc1nnnn1Cc1ccc(F)cc1. The first kappa shape index (κ1) is 11.2. The van der Waals surface area contributed by atoms with E-state index in [1.807, 2.05) is 0 Å². The van der Waals surface area contributed by atoms with Gasteiger partial charge >= 0.3 is 5.97 Å². The third-order valence-corrected chi connectivity index (χ3v) is 2.16. The van der Waals surface area contributed by atoms with Gasteiger partial charge in [0.15, 0.2) is 5.82 Å². The summed E-state index contributed by atoms with van der Waals surface area (Å²) < 4.78 is 14.1. The molecular weight excluding hydrogens is 227 g/mol. The number of carbonyl (C=O) groups is 1. The molecule has 0 saturated heterocycles. The maximum atomic E-state index is 12.7. The second-order valence-electron chi connectivity index (χ2n) is 3.45. The predicted molar refractivity (Wildman–Crippen MR) is 54.7 cm³/mol. The Balaban J connectivity index is 2.15. The number of rotatable bonds is 4. The molecule has 1 N–H and O–H groups in total. The number of hydrogen-bond acceptors (Lipinski definition) is 4. The second-order valence-corrected chi connectivity index (χ2v) is 3.45. The molecule has 2 aromatic rings. The van der Waals surface area contributed by atoms with E-state index in [-0.39, 0.29) is 18.1 Å². The highest BCUT2D eigenvalue weighted by atomic mass is 19.1. The third kappa shape index (κ3) is 2.83. The van der Waals surface area contributed by atoms with Crippen LogP contribution in [0.3, 0.4) is 0 Å². The molecule has 0 amide bonds. The van der Waals surface area contributed by atoms with Crippen LogP contribution in [0.1, 0.15) is 11.4 Å². The zero-order chi connectivity index (χ0) is 12.3. The number of tetrazole rings is 1. The summed E-state index contributed by atoms with van der Waals surface area (Å²) in [7, 11) is 0. The van der Waals surface area contributed by atoms with E-state index in [0.29, 0.717) is 6.54 Å². The molecule has 0 aliphatic carbocycles. The molecule has 6 nitrogen and oxygen atoms in total. The van der Waals surface area contributed by atoms with Crippen molar-refractivity contribution in [2.45, 2.75) is 13.0 Å². The van der Waals surface area contributed by atoms with Gasteiger partial charge in [0.2, 0.25) is 0 Å². The van der Waals surface area contributed by atoms with Crippen LogP contribution >= 0.6 is 0 Å². The maximum absolute atomic E-state index is 12.7. The molecule has 7 heteroatoms. The fraction of sp³-hybridized carbons (Fsp3) is 0.200. The van der Waals surface area contributed by atoms with Gasteiger partial charge < -0.3 is 5.11 Å². The van der Waals surface area contributed by atoms with Crippen LogP contribution < -0.4 is 0 Å². The molecule has 1 aromatic heterocycles. The first-order valence-electron chi connectivity index (χ1n) is 4.86. The molecule has 0 atom stereocenters. The van der Waals surface area contributed by atoms with Gasteiger partial charge in [-0.15, -0.1) is 5.10 Å². The molecule has 2 rings (SSSR count). The molecule has 0 aliphatic rings. The number of aliphatic carboxylic acids is 1. The number of nitrogens with zero attached hydrogens (tertiary/aromatic N) is 4. The Labute approximate surface area is 95.7 Å². The van der Waals surface area contributed by atoms with Gasteiger partial charge in [-0.1, -0.05) is 12.1 Å². The minimum Gasteiger partial charge on any atom is -0.481 e. The van der Waals surface area contributed by atoms with E-state index in [4.69, 9.17) is 5.11 Å². The van der Waals surface area contributed by atoms with Gasteiger partial charge in [0.05, 0.1) is 6.54 Å². The Hall–Kier alpha value is -2.31. The first-order chi connectivity index (χ1) is 8.15. The Morgan fingerprint density at radius 2 is 2.06 bits per heavy atom. The molecule has 0 fully saturated rings. The van der Waals surface area contributed by atoms with Gasteiger partial charge in [-0.05, 0) is 28.1 Å². The van der Waals surface area contributed by atoms with Crippen molar-refractivity contribution < 1.29 is 14.3 Å². The quantitative estimate of drug-likeness (QED) is 0.835. The van der Waals surface area contributed by atoms with Gasteiger partial charge in [-0.3, -0.25) is 4.79 Å². The fourth-order valence-corrected chi connectivity index (χ4v) is 1.37. The second kappa shape index (κ2) is 4.69. The maximum Gasteiger partial charge on any atom is 0.311 e. The predicted octanol–water partition coefficient (Wildman–Crippen LogP) is 0.488. The highest BCUT2D eigenvalue weighted by Gasteiger charge is 2.10. The summed E-state index contributed by atoms with van der Waals surface area (Å²) >= 11 is 0. The molecule has 0 spiro atoms. The monoisotopic (exact) mass is 236 g/mol. The number of halogens is 1. The van der Waals surface area contributed by atoms with Gasteiger partial charge in [-0.2, -0.15) is 0 Å². The van der Waals surface area contributed by atoms with Crippen molar-refractivity contribution in [3.63, 3.8) is 0 Å². The summed E-state index contributed by atoms with van der Waals surface area (Å²) in [4.78, 5) is 10.6. The van der Waals surface area contributed by atoms with Crippen molar-refractivity contribution in [3.05, 3.63) is 41.5 Å². The lowest BCUT2D eigenvalue weighted by molar-refractivity contribution is -0.136. The zero-order valence-electron chi connectivity index (χ0n) is 8.75. The van der Waals surface area contributed by atoms with E-state index in [9.17, 15) is 9.18 Å². The van der Waals surface area contributed by atoms with Crippen molar-refractivity contribution in [3.8, 4) is 0 Å². The van der Waals surface area contributed by atoms with Crippen molar-refractivity contribution in [2.75, 3.05) is 0 Å². The summed E-state index contributed by atoms with van der Waals surface area (Å²) in [6, 6.07) is 5.86. The minimum atomic E-state index is -1.000. The average Bonchev–Trinajstić information content (AvgIpc) is 2.68. The number of carboxylic acid groups (broad SMARTS) is 1. The Kier molecular flexibility index (Phi) is 3.08. The van der Waals surface area contributed by atoms with Crippen molar-refractivity contribution >= 4 is 5.97 Å². The van der Waals surface area contributed by atoms with Crippen LogP contribution in [-0.2, 0) is 17.8 Å². The highest BCUT2D eigenvalue weighted by molar-refractivity contribution is 5.68. The normalized spacial score (nSPS) is 10.4. The molecule has 0 unspecified atom stereocenters. The minimum absolute atomic E-state index is 0.242. The lowest BCUT2D eigenvalue weighted by atomic mass is 10.2. The number of aromatic nitrogens is 4. The lowest BCUT2D eigenvalue weighted by Crippen LogP contribution is -2.11. The van der Waals surface area contributed by atoms with Crippen LogP contribution in [0.4, 0.5) is 4.39 Å². The van der Waals surface area contributed by atoms with E-state index in [1.165, 1.54) is 16.8 Å². The Morgan fingerprint density at radius 3 is 2.71 bits per heavy atom. The smallest absolute Gasteiger partial charge is 0.311 e. The summed E-state index contributed by atoms with van der Waals surface area (Å²) in [6.07, 6.45) is -0.242. The van der Waals surface area contributed by atoms with Gasteiger partial charge in [0.25, 0.3) is 0 Å². The van der Waals surface area contributed by atoms with Crippen molar-refractivity contribution in [1.82, 2.24) is 20.2 Å². The van der Waals surface area contributed by atoms with Crippen LogP contribution in [0.25, 0.3) is 0 Å². The van der Waals surface area contributed by atoms with Gasteiger partial charge in [0, 0.05) is 0 Å². The molecule has 0 aliphatic heterocycles. The van der Waals surface area contributed by atoms with Crippen LogP contribution in [0, 0.1) is 5.82 Å². The third-order valence-electron chi connectivity index (χ3n) is 2.16. The van der Waals surface area contributed by atoms with Crippen LogP contribution in [-0.4, -0.2) is 31.3 Å². The van der Waals surface area contributed by atoms with E-state index >= 15 is 0 Å². The molecule has 0 radical (unpaired) electrons. The molecule has 0 saturated carbocycles. The van der Waals surface area contributed by atoms with E-state index in [0.717, 1.165) is 5.56 Å². The zero-order valence-corrected chi connectivity index (χ0v) is 8.75. The molecule has 0 bridgehead atoms. The molecule has 17 heavy (non-hydrogen) atoms. The largest absolute Gasteiger partial charge is 0.481 e. The Bertz CT molecular complexity index is 523. The van der Waals surface area contributed by atoms with E-state index in [2.05, 4.69) is 15.5 Å². The standard InChI is InChI=1S/C10H9FN4O2/c11-8-3-1-7(2-4-8)6-15-9(5-10(16)17)12-13-14-15/h1-4H,5-6H2,(H,16,17). The van der Waals surface area contributed by atoms with Crippen LogP contribution in [0.5, 0.6) is 0 Å². The van der Waals surface area contributed by atoms with E-state index < -0.39 is 5.97 Å². The van der Waals surface area contributed by atoms with Gasteiger partial charge in [0.1, 0.15) is 12.2 Å². The molecule has 1 aromatic carbocycles. The number of benzene rings is 1. The molecule has 88 valence electrons. The number of hydrogen-bond donors (Lipinski definition) is 1. The van der Waals surface area contributed by atoms with Crippen molar-refractivity contribution in [1.29, 1.82) is 0 Å². The summed E-state index contributed by atoms with van der Waals surface area (Å²) in [6.45, 7) is 0.315.